The van der Waals surface area contributed by atoms with Crippen LogP contribution in [-0.2, 0) is 25.4 Å². The Morgan fingerprint density at radius 1 is 1.38 bits per heavy atom. The molecule has 116 valence electrons. The molecule has 0 bridgehead atoms. The van der Waals surface area contributed by atoms with Crippen molar-refractivity contribution in [3.8, 4) is 0 Å². The Kier molecular flexibility index (Phi) is 4.62. The molecule has 1 fully saturated rings. The van der Waals surface area contributed by atoms with E-state index in [0.717, 1.165) is 4.57 Å². The zero-order chi connectivity index (χ0) is 15.6. The Hall–Kier alpha value is -1.89. The second kappa shape index (κ2) is 6.26. The van der Waals surface area contributed by atoms with E-state index in [4.69, 9.17) is 0 Å². The molecule has 1 heterocycles. The van der Waals surface area contributed by atoms with E-state index in [1.807, 2.05) is 0 Å². The minimum atomic E-state index is -0.369. The van der Waals surface area contributed by atoms with E-state index in [2.05, 4.69) is 5.32 Å². The monoisotopic (exact) mass is 294 g/mol. The molecule has 0 atom stereocenters. The number of nitrogens with one attached hydrogen (secondary N) is 1. The van der Waals surface area contributed by atoms with Gasteiger partial charge in [0.15, 0.2) is 0 Å². The highest BCUT2D eigenvalue weighted by Gasteiger charge is 2.20. The topological polar surface area (TPSA) is 76.3 Å². The van der Waals surface area contributed by atoms with Gasteiger partial charge in [0.2, 0.25) is 5.91 Å². The maximum Gasteiger partial charge on any atom is 0.330 e. The van der Waals surface area contributed by atoms with Crippen molar-refractivity contribution >= 4 is 5.91 Å². The van der Waals surface area contributed by atoms with Gasteiger partial charge in [-0.1, -0.05) is 0 Å². The van der Waals surface area contributed by atoms with Crippen LogP contribution in [0.15, 0.2) is 15.8 Å². The fourth-order valence-electron chi connectivity index (χ4n) is 2.20. The van der Waals surface area contributed by atoms with Crippen molar-refractivity contribution < 1.29 is 4.79 Å². The Morgan fingerprint density at radius 2 is 2.05 bits per heavy atom. The summed E-state index contributed by atoms with van der Waals surface area (Å²) in [5.41, 5.74) is -0.286. The van der Waals surface area contributed by atoms with Crippen LogP contribution in [0.25, 0.3) is 0 Å². The summed E-state index contributed by atoms with van der Waals surface area (Å²) in [4.78, 5) is 37.1. The Bertz CT molecular complexity index is 643. The number of aromatic nitrogens is 2. The third-order valence-corrected chi connectivity index (χ3v) is 3.70. The van der Waals surface area contributed by atoms with Crippen LogP contribution in [0.1, 0.15) is 24.8 Å². The SMILES string of the molecule is CN(Cc1cn(C)c(=O)n(C)c1=O)C(=O)CCNC1CC1. The predicted octanol–water partition coefficient (Wildman–Crippen LogP) is -0.815. The van der Waals surface area contributed by atoms with Gasteiger partial charge in [0.25, 0.3) is 5.56 Å². The number of nitrogens with zero attached hydrogens (tertiary/aromatic N) is 3. The van der Waals surface area contributed by atoms with Gasteiger partial charge in [-0.2, -0.15) is 0 Å². The molecule has 21 heavy (non-hydrogen) atoms. The highest BCUT2D eigenvalue weighted by Crippen LogP contribution is 2.18. The Morgan fingerprint density at radius 3 is 2.67 bits per heavy atom. The van der Waals surface area contributed by atoms with E-state index in [1.165, 1.54) is 35.6 Å². The molecule has 1 N–H and O–H groups in total. The zero-order valence-corrected chi connectivity index (χ0v) is 12.8. The average molecular weight is 294 g/mol. The zero-order valence-electron chi connectivity index (χ0n) is 12.8. The van der Waals surface area contributed by atoms with Crippen LogP contribution in [0.3, 0.4) is 0 Å². The van der Waals surface area contributed by atoms with Crippen LogP contribution in [-0.4, -0.2) is 39.6 Å². The lowest BCUT2D eigenvalue weighted by atomic mass is 10.3. The summed E-state index contributed by atoms with van der Waals surface area (Å²) in [5, 5.41) is 3.28. The summed E-state index contributed by atoms with van der Waals surface area (Å²) in [5.74, 6) is -0.0148. The maximum absolute atomic E-state index is 12.0. The van der Waals surface area contributed by atoms with E-state index < -0.39 is 0 Å². The number of amides is 1. The molecule has 7 heteroatoms. The van der Waals surface area contributed by atoms with Gasteiger partial charge in [-0.3, -0.25) is 14.2 Å². The minimum absolute atomic E-state index is 0.0148. The third-order valence-electron chi connectivity index (χ3n) is 3.70. The standard InChI is InChI=1S/C14H22N4O3/c1-16(12(19)6-7-15-11-4-5-11)8-10-9-17(2)14(21)18(3)13(10)20/h9,11,15H,4-8H2,1-3H3. The van der Waals surface area contributed by atoms with Gasteiger partial charge in [-0.05, 0) is 12.8 Å². The third kappa shape index (κ3) is 3.81. The van der Waals surface area contributed by atoms with Crippen LogP contribution in [0.5, 0.6) is 0 Å². The molecule has 1 aromatic heterocycles. The van der Waals surface area contributed by atoms with E-state index in [1.54, 1.807) is 14.1 Å². The summed E-state index contributed by atoms with van der Waals surface area (Å²) >= 11 is 0. The van der Waals surface area contributed by atoms with Crippen molar-refractivity contribution in [1.82, 2.24) is 19.4 Å². The van der Waals surface area contributed by atoms with Crippen LogP contribution in [0, 0.1) is 0 Å². The number of rotatable bonds is 6. The minimum Gasteiger partial charge on any atom is -0.341 e. The van der Waals surface area contributed by atoms with E-state index in [9.17, 15) is 14.4 Å². The highest BCUT2D eigenvalue weighted by molar-refractivity contribution is 5.76. The summed E-state index contributed by atoms with van der Waals surface area (Å²) in [6.07, 6.45) is 4.30. The van der Waals surface area contributed by atoms with Gasteiger partial charge in [-0.15, -0.1) is 0 Å². The normalized spacial score (nSPS) is 14.2. The van der Waals surface area contributed by atoms with Crippen LogP contribution in [0.4, 0.5) is 0 Å². The fraction of sp³-hybridized carbons (Fsp3) is 0.643. The fourth-order valence-corrected chi connectivity index (χ4v) is 2.20. The molecule has 0 spiro atoms. The first-order chi connectivity index (χ1) is 9.90. The molecule has 1 aliphatic rings. The number of hydrogen-bond acceptors (Lipinski definition) is 4. The lowest BCUT2D eigenvalue weighted by molar-refractivity contribution is -0.130. The second-order valence-electron chi connectivity index (χ2n) is 5.64. The molecule has 0 aliphatic heterocycles. The van der Waals surface area contributed by atoms with Crippen molar-refractivity contribution in [1.29, 1.82) is 0 Å². The van der Waals surface area contributed by atoms with Crippen LogP contribution in [0.2, 0.25) is 0 Å². The van der Waals surface area contributed by atoms with Gasteiger partial charge in [0, 0.05) is 46.3 Å². The Balaban J connectivity index is 1.98. The maximum atomic E-state index is 12.0. The molecular weight excluding hydrogens is 272 g/mol. The number of aryl methyl sites for hydroxylation is 1. The molecular formula is C14H22N4O3. The van der Waals surface area contributed by atoms with E-state index in [0.29, 0.717) is 24.6 Å². The smallest absolute Gasteiger partial charge is 0.330 e. The quantitative estimate of drug-likeness (QED) is 0.744. The van der Waals surface area contributed by atoms with Crippen molar-refractivity contribution in [3.05, 3.63) is 32.6 Å². The first-order valence-electron chi connectivity index (χ1n) is 7.13. The van der Waals surface area contributed by atoms with Gasteiger partial charge in [0.05, 0.1) is 12.1 Å². The average Bonchev–Trinajstić information content (AvgIpc) is 3.26. The molecule has 0 unspecified atom stereocenters. The summed E-state index contributed by atoms with van der Waals surface area (Å²) in [6.45, 7) is 0.877. The van der Waals surface area contributed by atoms with Gasteiger partial charge < -0.3 is 14.8 Å². The van der Waals surface area contributed by atoms with Gasteiger partial charge in [0.1, 0.15) is 0 Å². The number of hydrogen-bond donors (Lipinski definition) is 1. The molecule has 0 aromatic carbocycles. The lowest BCUT2D eigenvalue weighted by Crippen LogP contribution is -2.40. The number of carbonyl (C=O) groups is 1. The molecule has 0 saturated heterocycles. The van der Waals surface area contributed by atoms with Crippen molar-refractivity contribution in [3.63, 3.8) is 0 Å². The second-order valence-corrected chi connectivity index (χ2v) is 5.64. The van der Waals surface area contributed by atoms with Crippen LogP contribution >= 0.6 is 0 Å². The van der Waals surface area contributed by atoms with E-state index in [-0.39, 0.29) is 23.7 Å². The first-order valence-corrected chi connectivity index (χ1v) is 7.13. The van der Waals surface area contributed by atoms with Crippen molar-refractivity contribution in [2.45, 2.75) is 31.8 Å². The summed E-state index contributed by atoms with van der Waals surface area (Å²) in [7, 11) is 4.70. The largest absolute Gasteiger partial charge is 0.341 e. The molecule has 1 aliphatic carbocycles. The van der Waals surface area contributed by atoms with E-state index >= 15 is 0 Å². The molecule has 1 saturated carbocycles. The molecule has 1 amide bonds. The Labute approximate surface area is 123 Å². The predicted molar refractivity (Wildman–Crippen MR) is 79.0 cm³/mol. The lowest BCUT2D eigenvalue weighted by Gasteiger charge is -2.18. The van der Waals surface area contributed by atoms with Crippen molar-refractivity contribution in [2.24, 2.45) is 14.1 Å². The molecule has 2 rings (SSSR count). The molecule has 1 aromatic rings. The van der Waals surface area contributed by atoms with Gasteiger partial charge >= 0.3 is 5.69 Å². The molecule has 7 nitrogen and oxygen atoms in total. The summed E-state index contributed by atoms with van der Waals surface area (Å²) < 4.78 is 2.41. The highest BCUT2D eigenvalue weighted by atomic mass is 16.2. The molecule has 0 radical (unpaired) electrons. The first kappa shape index (κ1) is 15.5. The number of carbonyl (C=O) groups excluding carboxylic acids is 1. The van der Waals surface area contributed by atoms with Gasteiger partial charge in [-0.25, -0.2) is 4.79 Å². The van der Waals surface area contributed by atoms with Crippen LogP contribution < -0.4 is 16.6 Å². The van der Waals surface area contributed by atoms with Crippen molar-refractivity contribution in [2.75, 3.05) is 13.6 Å². The summed E-state index contributed by atoms with van der Waals surface area (Å²) in [6, 6.07) is 0.582.